The van der Waals surface area contributed by atoms with Gasteiger partial charge in [0.15, 0.2) is 0 Å². The third-order valence-electron chi connectivity index (χ3n) is 1.81. The topological polar surface area (TPSA) is 30.7 Å². The number of hydrogen-bond acceptors (Lipinski definition) is 2. The summed E-state index contributed by atoms with van der Waals surface area (Å²) in [6.07, 6.45) is 0.377. The summed E-state index contributed by atoms with van der Waals surface area (Å²) in [7, 11) is 0. The lowest BCUT2D eigenvalue weighted by Crippen LogP contribution is -2.02. The van der Waals surface area contributed by atoms with Crippen LogP contribution in [0, 0.1) is 0 Å². The minimum absolute atomic E-state index is 0.0660. The number of aromatic nitrogens is 3. The second-order valence-corrected chi connectivity index (χ2v) is 2.68. The molecule has 0 saturated carbocycles. The van der Waals surface area contributed by atoms with E-state index in [-0.39, 0.29) is 5.56 Å². The van der Waals surface area contributed by atoms with E-state index in [1.165, 1.54) is 23.3 Å². The molecular weight excluding hydrogens is 188 g/mol. The third-order valence-corrected chi connectivity index (χ3v) is 1.81. The largest absolute Gasteiger partial charge is 0.265 e. The number of rotatable bonds is 2. The Balaban J connectivity index is 2.53. The number of nitrogens with zero attached hydrogens (tertiary/aromatic N) is 3. The van der Waals surface area contributed by atoms with Gasteiger partial charge in [0.2, 0.25) is 0 Å². The van der Waals surface area contributed by atoms with Gasteiger partial charge in [-0.25, -0.2) is 8.78 Å². The number of halogens is 2. The van der Waals surface area contributed by atoms with Crippen LogP contribution in [0.2, 0.25) is 0 Å². The summed E-state index contributed by atoms with van der Waals surface area (Å²) in [6.45, 7) is 0. The highest BCUT2D eigenvalue weighted by molar-refractivity contribution is 5.39. The molecular formula is C9H7F2N3. The summed E-state index contributed by atoms with van der Waals surface area (Å²) < 4.78 is 25.1. The van der Waals surface area contributed by atoms with E-state index in [0.29, 0.717) is 5.69 Å². The zero-order valence-electron chi connectivity index (χ0n) is 7.14. The Morgan fingerprint density at radius 1 is 1.07 bits per heavy atom. The first-order valence-electron chi connectivity index (χ1n) is 4.03. The molecule has 0 N–H and O–H groups in total. The van der Waals surface area contributed by atoms with Crippen LogP contribution in [0.25, 0.3) is 5.69 Å². The van der Waals surface area contributed by atoms with Crippen molar-refractivity contribution in [3.8, 4) is 5.69 Å². The quantitative estimate of drug-likeness (QED) is 0.735. The van der Waals surface area contributed by atoms with Crippen LogP contribution < -0.4 is 0 Å². The fraction of sp³-hybridized carbons (Fsp3) is 0.111. The van der Waals surface area contributed by atoms with Crippen LogP contribution in [0.4, 0.5) is 8.78 Å². The third kappa shape index (κ3) is 1.48. The molecule has 0 aliphatic carbocycles. The fourth-order valence-electron chi connectivity index (χ4n) is 1.19. The van der Waals surface area contributed by atoms with Gasteiger partial charge >= 0.3 is 0 Å². The van der Waals surface area contributed by atoms with Crippen LogP contribution in [0.15, 0.2) is 36.7 Å². The second-order valence-electron chi connectivity index (χ2n) is 2.68. The summed E-state index contributed by atoms with van der Waals surface area (Å²) in [6, 6.07) is 6.16. The molecule has 2 aromatic rings. The first-order valence-corrected chi connectivity index (χ1v) is 4.03. The lowest BCUT2D eigenvalue weighted by molar-refractivity contribution is 0.151. The maximum atomic E-state index is 12.6. The summed E-state index contributed by atoms with van der Waals surface area (Å²) in [5, 5.41) is 7.60. The average Bonchev–Trinajstić information content (AvgIpc) is 2.70. The maximum absolute atomic E-state index is 12.6. The Labute approximate surface area is 79.0 Å². The number of benzene rings is 1. The first kappa shape index (κ1) is 8.80. The van der Waals surface area contributed by atoms with Crippen LogP contribution >= 0.6 is 0 Å². The predicted molar refractivity (Wildman–Crippen MR) is 46.3 cm³/mol. The fourth-order valence-corrected chi connectivity index (χ4v) is 1.19. The summed E-state index contributed by atoms with van der Waals surface area (Å²) in [4.78, 5) is 1.18. The van der Waals surface area contributed by atoms with E-state index in [1.54, 1.807) is 18.2 Å². The molecule has 0 amide bonds. The molecule has 1 aromatic heterocycles. The van der Waals surface area contributed by atoms with Crippen molar-refractivity contribution in [2.75, 3.05) is 0 Å². The molecule has 2 rings (SSSR count). The molecule has 0 saturated heterocycles. The molecule has 0 bridgehead atoms. The highest BCUT2D eigenvalue weighted by Gasteiger charge is 2.13. The monoisotopic (exact) mass is 195 g/mol. The standard InChI is InChI=1S/C9H7F2N3/c10-9(11)7-3-1-2-4-8(7)14-12-5-6-13-14/h1-6,9H. The molecule has 1 aromatic carbocycles. The molecule has 0 atom stereocenters. The molecule has 72 valence electrons. The lowest BCUT2D eigenvalue weighted by atomic mass is 10.2. The molecule has 3 nitrogen and oxygen atoms in total. The zero-order chi connectivity index (χ0) is 9.97. The van der Waals surface area contributed by atoms with Crippen molar-refractivity contribution in [2.45, 2.75) is 6.43 Å². The maximum Gasteiger partial charge on any atom is 0.265 e. The van der Waals surface area contributed by atoms with Crippen molar-refractivity contribution < 1.29 is 8.78 Å². The number of hydrogen-bond donors (Lipinski definition) is 0. The molecule has 0 fully saturated rings. The van der Waals surface area contributed by atoms with Crippen LogP contribution in [0.5, 0.6) is 0 Å². The van der Waals surface area contributed by atoms with Gasteiger partial charge in [-0.1, -0.05) is 18.2 Å². The number of para-hydroxylation sites is 1. The smallest absolute Gasteiger partial charge is 0.205 e. The van der Waals surface area contributed by atoms with E-state index in [0.717, 1.165) is 0 Å². The Morgan fingerprint density at radius 3 is 2.36 bits per heavy atom. The number of alkyl halides is 2. The SMILES string of the molecule is FC(F)c1ccccc1-n1nccn1. The predicted octanol–water partition coefficient (Wildman–Crippen LogP) is 2.20. The second kappa shape index (κ2) is 3.53. The van der Waals surface area contributed by atoms with E-state index < -0.39 is 6.43 Å². The van der Waals surface area contributed by atoms with E-state index in [4.69, 9.17) is 0 Å². The normalized spacial score (nSPS) is 10.8. The zero-order valence-corrected chi connectivity index (χ0v) is 7.14. The Kier molecular flexibility index (Phi) is 2.22. The van der Waals surface area contributed by atoms with E-state index >= 15 is 0 Å². The Hall–Kier alpha value is -1.78. The molecule has 5 heteroatoms. The van der Waals surface area contributed by atoms with Crippen molar-refractivity contribution in [1.29, 1.82) is 0 Å². The van der Waals surface area contributed by atoms with Gasteiger partial charge in [0.25, 0.3) is 6.43 Å². The van der Waals surface area contributed by atoms with Crippen molar-refractivity contribution in [3.63, 3.8) is 0 Å². The van der Waals surface area contributed by atoms with Gasteiger partial charge in [0, 0.05) is 5.56 Å². The van der Waals surface area contributed by atoms with Crippen molar-refractivity contribution in [2.24, 2.45) is 0 Å². The molecule has 0 spiro atoms. The Morgan fingerprint density at radius 2 is 1.71 bits per heavy atom. The molecule has 0 aliphatic rings. The lowest BCUT2D eigenvalue weighted by Gasteiger charge is -2.06. The van der Waals surface area contributed by atoms with E-state index in [1.807, 2.05) is 0 Å². The van der Waals surface area contributed by atoms with Gasteiger partial charge in [-0.3, -0.25) is 0 Å². The summed E-state index contributed by atoms with van der Waals surface area (Å²) in [5.41, 5.74) is 0.246. The molecule has 0 radical (unpaired) electrons. The van der Waals surface area contributed by atoms with Crippen LogP contribution in [-0.4, -0.2) is 15.0 Å². The van der Waals surface area contributed by atoms with Crippen molar-refractivity contribution >= 4 is 0 Å². The van der Waals surface area contributed by atoms with Crippen LogP contribution in [0.3, 0.4) is 0 Å². The summed E-state index contributed by atoms with van der Waals surface area (Å²) >= 11 is 0. The van der Waals surface area contributed by atoms with Gasteiger partial charge in [-0.2, -0.15) is 15.0 Å². The molecule has 0 aliphatic heterocycles. The van der Waals surface area contributed by atoms with Crippen molar-refractivity contribution in [3.05, 3.63) is 42.2 Å². The van der Waals surface area contributed by atoms with Gasteiger partial charge in [-0.05, 0) is 6.07 Å². The highest BCUT2D eigenvalue weighted by atomic mass is 19.3. The van der Waals surface area contributed by atoms with Gasteiger partial charge in [-0.15, -0.1) is 0 Å². The van der Waals surface area contributed by atoms with Gasteiger partial charge in [0.05, 0.1) is 18.1 Å². The van der Waals surface area contributed by atoms with E-state index in [9.17, 15) is 8.78 Å². The van der Waals surface area contributed by atoms with Crippen molar-refractivity contribution in [1.82, 2.24) is 15.0 Å². The summed E-state index contributed by atoms with van der Waals surface area (Å²) in [5.74, 6) is 0. The molecule has 0 unspecified atom stereocenters. The minimum Gasteiger partial charge on any atom is -0.205 e. The van der Waals surface area contributed by atoms with Crippen LogP contribution in [0.1, 0.15) is 12.0 Å². The highest BCUT2D eigenvalue weighted by Crippen LogP contribution is 2.24. The average molecular weight is 195 g/mol. The minimum atomic E-state index is -2.52. The van der Waals surface area contributed by atoms with Gasteiger partial charge < -0.3 is 0 Å². The Bertz CT molecular complexity index is 412. The first-order chi connectivity index (χ1) is 6.79. The molecule has 14 heavy (non-hydrogen) atoms. The van der Waals surface area contributed by atoms with Gasteiger partial charge in [0.1, 0.15) is 0 Å². The van der Waals surface area contributed by atoms with E-state index in [2.05, 4.69) is 10.2 Å². The van der Waals surface area contributed by atoms with Crippen LogP contribution in [-0.2, 0) is 0 Å². The molecule has 1 heterocycles.